The highest BCUT2D eigenvalue weighted by molar-refractivity contribution is 6.31. The summed E-state index contributed by atoms with van der Waals surface area (Å²) in [7, 11) is 2.07. The fourth-order valence-electron chi connectivity index (χ4n) is 3.58. The molecule has 1 aliphatic heterocycles. The van der Waals surface area contributed by atoms with Crippen LogP contribution in [0.4, 0.5) is 14.9 Å². The number of hydrogen-bond acceptors (Lipinski definition) is 2. The van der Waals surface area contributed by atoms with Gasteiger partial charge in [0.25, 0.3) is 0 Å². The molecule has 27 heavy (non-hydrogen) atoms. The van der Waals surface area contributed by atoms with Crippen LogP contribution in [-0.4, -0.2) is 42.3 Å². The van der Waals surface area contributed by atoms with Gasteiger partial charge in [-0.3, -0.25) is 4.90 Å². The number of anilines is 1. The maximum Gasteiger partial charge on any atom is 0.411 e. The highest BCUT2D eigenvalue weighted by atomic mass is 35.5. The van der Waals surface area contributed by atoms with Gasteiger partial charge in [0.2, 0.25) is 0 Å². The SMILES string of the molecule is CN1CCCC1CCN(C(=O)O)c1ccc(Cl)cc1-c1ccc(F)c(Cl)c1. The quantitative estimate of drug-likeness (QED) is 0.680. The lowest BCUT2D eigenvalue weighted by molar-refractivity contribution is 0.200. The topological polar surface area (TPSA) is 43.8 Å². The summed E-state index contributed by atoms with van der Waals surface area (Å²) >= 11 is 12.1. The Labute approximate surface area is 168 Å². The zero-order valence-electron chi connectivity index (χ0n) is 15.0. The van der Waals surface area contributed by atoms with E-state index in [0.29, 0.717) is 34.4 Å². The van der Waals surface area contributed by atoms with E-state index in [1.54, 1.807) is 24.3 Å². The lowest BCUT2D eigenvalue weighted by Gasteiger charge is -2.26. The van der Waals surface area contributed by atoms with E-state index in [-0.39, 0.29) is 5.02 Å². The van der Waals surface area contributed by atoms with Crippen LogP contribution in [-0.2, 0) is 0 Å². The number of halogens is 3. The molecule has 1 N–H and O–H groups in total. The van der Waals surface area contributed by atoms with E-state index in [9.17, 15) is 14.3 Å². The van der Waals surface area contributed by atoms with Gasteiger partial charge in [0.05, 0.1) is 10.7 Å². The Morgan fingerprint density at radius 3 is 2.70 bits per heavy atom. The minimum absolute atomic E-state index is 0.0205. The van der Waals surface area contributed by atoms with E-state index in [0.717, 1.165) is 25.8 Å². The summed E-state index contributed by atoms with van der Waals surface area (Å²) in [5.74, 6) is -0.525. The highest BCUT2D eigenvalue weighted by Crippen LogP contribution is 2.35. The van der Waals surface area contributed by atoms with E-state index in [1.165, 1.54) is 17.0 Å². The van der Waals surface area contributed by atoms with E-state index in [4.69, 9.17) is 23.2 Å². The summed E-state index contributed by atoms with van der Waals surface area (Å²) < 4.78 is 13.5. The number of hydrogen-bond donors (Lipinski definition) is 1. The van der Waals surface area contributed by atoms with E-state index >= 15 is 0 Å². The first-order valence-corrected chi connectivity index (χ1v) is 9.58. The number of carboxylic acid groups (broad SMARTS) is 1. The zero-order valence-corrected chi connectivity index (χ0v) is 16.5. The number of likely N-dealkylation sites (tertiary alicyclic amines) is 1. The molecule has 0 aliphatic carbocycles. The molecule has 2 aromatic rings. The van der Waals surface area contributed by atoms with E-state index in [2.05, 4.69) is 11.9 Å². The molecule has 144 valence electrons. The van der Waals surface area contributed by atoms with E-state index in [1.807, 2.05) is 0 Å². The zero-order chi connectivity index (χ0) is 19.6. The number of nitrogens with zero attached hydrogens (tertiary/aromatic N) is 2. The van der Waals surface area contributed by atoms with Crippen molar-refractivity contribution in [1.82, 2.24) is 4.90 Å². The van der Waals surface area contributed by atoms with Crippen LogP contribution in [0.15, 0.2) is 36.4 Å². The van der Waals surface area contributed by atoms with Gasteiger partial charge in [-0.1, -0.05) is 29.3 Å². The minimum Gasteiger partial charge on any atom is -0.465 e. The fourth-order valence-corrected chi connectivity index (χ4v) is 3.93. The monoisotopic (exact) mass is 410 g/mol. The predicted octanol–water partition coefficient (Wildman–Crippen LogP) is 5.77. The van der Waals surface area contributed by atoms with Gasteiger partial charge in [-0.15, -0.1) is 0 Å². The third kappa shape index (κ3) is 4.54. The summed E-state index contributed by atoms with van der Waals surface area (Å²) in [4.78, 5) is 15.6. The Kier molecular flexibility index (Phi) is 6.25. The van der Waals surface area contributed by atoms with Gasteiger partial charge in [0.15, 0.2) is 0 Å². The first-order valence-electron chi connectivity index (χ1n) is 8.82. The molecule has 1 fully saturated rings. The van der Waals surface area contributed by atoms with Gasteiger partial charge in [-0.25, -0.2) is 9.18 Å². The van der Waals surface area contributed by atoms with Crippen LogP contribution in [0.5, 0.6) is 0 Å². The van der Waals surface area contributed by atoms with Crippen LogP contribution < -0.4 is 4.90 Å². The highest BCUT2D eigenvalue weighted by Gasteiger charge is 2.25. The molecule has 0 aromatic heterocycles. The summed E-state index contributed by atoms with van der Waals surface area (Å²) in [6.07, 6.45) is 1.92. The van der Waals surface area contributed by atoms with Crippen molar-refractivity contribution in [3.05, 3.63) is 52.3 Å². The molecule has 0 spiro atoms. The number of carbonyl (C=O) groups is 1. The second kappa shape index (κ2) is 8.46. The first-order chi connectivity index (χ1) is 12.9. The predicted molar refractivity (Wildman–Crippen MR) is 107 cm³/mol. The Morgan fingerprint density at radius 1 is 1.30 bits per heavy atom. The molecular formula is C20H21Cl2FN2O2. The molecule has 3 rings (SSSR count). The standard InChI is InChI=1S/C20H21Cl2FN2O2/c1-24-9-2-3-15(24)8-10-25(20(26)27)19-7-5-14(21)12-16(19)13-4-6-18(23)17(22)11-13/h4-7,11-12,15H,2-3,8-10H2,1H3,(H,26,27). The molecule has 1 aliphatic rings. The van der Waals surface area contributed by atoms with Crippen LogP contribution in [0.2, 0.25) is 10.0 Å². The molecule has 0 bridgehead atoms. The average Bonchev–Trinajstić information content (AvgIpc) is 3.03. The minimum atomic E-state index is -1.03. The average molecular weight is 411 g/mol. The van der Waals surface area contributed by atoms with Crippen molar-refractivity contribution in [2.75, 3.05) is 25.0 Å². The number of benzene rings is 2. The van der Waals surface area contributed by atoms with Crippen molar-refractivity contribution in [1.29, 1.82) is 0 Å². The maximum absolute atomic E-state index is 13.5. The molecule has 2 aromatic carbocycles. The van der Waals surface area contributed by atoms with Crippen LogP contribution in [0.3, 0.4) is 0 Å². The number of rotatable bonds is 5. The molecule has 0 radical (unpaired) electrons. The van der Waals surface area contributed by atoms with Crippen LogP contribution in [0, 0.1) is 5.82 Å². The Morgan fingerprint density at radius 2 is 2.07 bits per heavy atom. The van der Waals surface area contributed by atoms with Crippen molar-refractivity contribution in [3.8, 4) is 11.1 Å². The third-order valence-electron chi connectivity index (χ3n) is 5.07. The van der Waals surface area contributed by atoms with E-state index < -0.39 is 11.9 Å². The first kappa shape index (κ1) is 19.9. The van der Waals surface area contributed by atoms with Gasteiger partial charge >= 0.3 is 6.09 Å². The third-order valence-corrected chi connectivity index (χ3v) is 5.59. The summed E-state index contributed by atoms with van der Waals surface area (Å²) in [5.41, 5.74) is 1.73. The molecule has 1 saturated heterocycles. The van der Waals surface area contributed by atoms with Crippen LogP contribution in [0.1, 0.15) is 19.3 Å². The maximum atomic E-state index is 13.5. The summed E-state index contributed by atoms with van der Waals surface area (Å²) in [6.45, 7) is 1.41. The second-order valence-corrected chi connectivity index (χ2v) is 7.63. The van der Waals surface area contributed by atoms with Crippen LogP contribution in [0.25, 0.3) is 11.1 Å². The molecule has 4 nitrogen and oxygen atoms in total. The van der Waals surface area contributed by atoms with Gasteiger partial charge in [0.1, 0.15) is 5.82 Å². The van der Waals surface area contributed by atoms with Gasteiger partial charge in [0, 0.05) is 23.2 Å². The van der Waals surface area contributed by atoms with Crippen molar-refractivity contribution in [3.63, 3.8) is 0 Å². The second-order valence-electron chi connectivity index (χ2n) is 6.79. The van der Waals surface area contributed by atoms with Crippen LogP contribution >= 0.6 is 23.2 Å². The molecule has 1 unspecified atom stereocenters. The molecule has 1 heterocycles. The lowest BCUT2D eigenvalue weighted by Crippen LogP contribution is -2.35. The molecule has 1 atom stereocenters. The van der Waals surface area contributed by atoms with Gasteiger partial charge < -0.3 is 10.0 Å². The lowest BCUT2D eigenvalue weighted by atomic mass is 10.0. The molecule has 1 amide bonds. The van der Waals surface area contributed by atoms with Crippen molar-refractivity contribution < 1.29 is 14.3 Å². The Balaban J connectivity index is 1.94. The van der Waals surface area contributed by atoms with Gasteiger partial charge in [-0.2, -0.15) is 0 Å². The largest absolute Gasteiger partial charge is 0.465 e. The summed E-state index contributed by atoms with van der Waals surface area (Å²) in [5, 5.41) is 10.2. The van der Waals surface area contributed by atoms with Crippen molar-refractivity contribution in [2.45, 2.75) is 25.3 Å². The Hall–Kier alpha value is -1.82. The Bertz CT molecular complexity index is 847. The van der Waals surface area contributed by atoms with Crippen molar-refractivity contribution in [2.24, 2.45) is 0 Å². The normalized spacial score (nSPS) is 17.3. The molecular weight excluding hydrogens is 390 g/mol. The smallest absolute Gasteiger partial charge is 0.411 e. The van der Waals surface area contributed by atoms with Crippen molar-refractivity contribution >= 4 is 35.0 Å². The number of amides is 1. The van der Waals surface area contributed by atoms with Gasteiger partial charge in [-0.05, 0) is 68.8 Å². The summed E-state index contributed by atoms with van der Waals surface area (Å²) in [6, 6.07) is 9.71. The fraction of sp³-hybridized carbons (Fsp3) is 0.350. The molecule has 0 saturated carbocycles. The molecule has 7 heteroatoms.